The first kappa shape index (κ1) is 22.9. The van der Waals surface area contributed by atoms with Crippen LogP contribution >= 0.6 is 0 Å². The highest BCUT2D eigenvalue weighted by Gasteiger charge is 2.13. The fraction of sp³-hybridized carbons (Fsp3) is 0.619. The predicted octanol–water partition coefficient (Wildman–Crippen LogP) is 4.21. The lowest BCUT2D eigenvalue weighted by atomic mass is 10.0. The van der Waals surface area contributed by atoms with Gasteiger partial charge in [0, 0.05) is 12.1 Å². The minimum Gasteiger partial charge on any atom is -0.352 e. The molecule has 0 aliphatic rings. The highest BCUT2D eigenvalue weighted by atomic mass is 19.1. The highest BCUT2D eigenvalue weighted by molar-refractivity contribution is 5.75. The number of hydrogen-bond donors (Lipinski definition) is 1. The third-order valence-corrected chi connectivity index (χ3v) is 4.96. The number of hydrogen-bond acceptors (Lipinski definition) is 4. The number of amides is 1. The summed E-state index contributed by atoms with van der Waals surface area (Å²) in [6.45, 7) is 2.23. The Morgan fingerprint density at radius 2 is 1.86 bits per heavy atom. The number of nitrogens with zero attached hydrogens (tertiary/aromatic N) is 4. The number of carbonyl (C=O) groups excluding carboxylic acids is 1. The quantitative estimate of drug-likeness (QED) is 0.476. The molecule has 1 aromatic carbocycles. The topological polar surface area (TPSA) is 72.7 Å². The minimum absolute atomic E-state index is 0.0859. The number of carbonyl (C=O) groups is 1. The maximum atomic E-state index is 13.6. The third kappa shape index (κ3) is 9.11. The number of aromatic nitrogens is 4. The molecule has 0 bridgehead atoms. The van der Waals surface area contributed by atoms with E-state index in [2.05, 4.69) is 27.7 Å². The Labute approximate surface area is 171 Å². The maximum Gasteiger partial charge on any atom is 0.243 e. The molecular weight excluding hydrogens is 376 g/mol. The minimum atomic E-state index is -0.534. The lowest BCUT2D eigenvalue weighted by Crippen LogP contribution is -2.37. The first-order chi connectivity index (χ1) is 14.1. The van der Waals surface area contributed by atoms with Crippen molar-refractivity contribution in [1.29, 1.82) is 0 Å². The average Bonchev–Trinajstić information content (AvgIpc) is 3.19. The Balaban J connectivity index is 1.61. The van der Waals surface area contributed by atoms with Crippen LogP contribution in [0.4, 0.5) is 8.78 Å². The molecule has 0 spiro atoms. The van der Waals surface area contributed by atoms with Crippen LogP contribution in [-0.4, -0.2) is 32.2 Å². The van der Waals surface area contributed by atoms with E-state index in [9.17, 15) is 13.6 Å². The van der Waals surface area contributed by atoms with Gasteiger partial charge in [-0.25, -0.2) is 8.78 Å². The molecule has 1 atom stereocenters. The number of halogens is 2. The zero-order valence-electron chi connectivity index (χ0n) is 17.1. The van der Waals surface area contributed by atoms with Gasteiger partial charge in [-0.2, -0.15) is 4.80 Å². The number of benzene rings is 1. The van der Waals surface area contributed by atoms with E-state index in [1.807, 2.05) is 0 Å². The van der Waals surface area contributed by atoms with Gasteiger partial charge in [0.25, 0.3) is 0 Å². The van der Waals surface area contributed by atoms with Crippen LogP contribution in [0.2, 0.25) is 0 Å². The van der Waals surface area contributed by atoms with Gasteiger partial charge in [0.2, 0.25) is 5.91 Å². The summed E-state index contributed by atoms with van der Waals surface area (Å²) in [6, 6.07) is 3.95. The van der Waals surface area contributed by atoms with Gasteiger partial charge < -0.3 is 5.32 Å². The summed E-state index contributed by atoms with van der Waals surface area (Å²) in [5, 5.41) is 14.3. The SMILES string of the molecule is CCCCC(CCCCCCCc1ccc(F)cc1F)NC(=O)Cn1ncnn1. The van der Waals surface area contributed by atoms with Crippen LogP contribution in [-0.2, 0) is 17.8 Å². The summed E-state index contributed by atoms with van der Waals surface area (Å²) in [5.41, 5.74) is 0.579. The summed E-state index contributed by atoms with van der Waals surface area (Å²) in [7, 11) is 0. The predicted molar refractivity (Wildman–Crippen MR) is 107 cm³/mol. The second kappa shape index (κ2) is 13.0. The van der Waals surface area contributed by atoms with Crippen molar-refractivity contribution in [3.63, 3.8) is 0 Å². The normalized spacial score (nSPS) is 12.1. The standard InChI is InChI=1S/C21H31F2N5O/c1-2-3-10-19(26-21(29)15-28-25-16-24-27-28)11-8-6-4-5-7-9-17-12-13-18(22)14-20(17)23/h12-14,16,19H,2-11,15H2,1H3,(H,26,29). The van der Waals surface area contributed by atoms with Crippen molar-refractivity contribution < 1.29 is 13.6 Å². The van der Waals surface area contributed by atoms with Crippen LogP contribution in [0.15, 0.2) is 24.5 Å². The van der Waals surface area contributed by atoms with Gasteiger partial charge in [-0.1, -0.05) is 51.5 Å². The number of nitrogens with one attached hydrogen (secondary N) is 1. The molecule has 8 heteroatoms. The van der Waals surface area contributed by atoms with E-state index in [0.29, 0.717) is 12.0 Å². The van der Waals surface area contributed by atoms with E-state index in [1.54, 1.807) is 0 Å². The molecule has 6 nitrogen and oxygen atoms in total. The van der Waals surface area contributed by atoms with Crippen LogP contribution in [0.5, 0.6) is 0 Å². The van der Waals surface area contributed by atoms with E-state index >= 15 is 0 Å². The van der Waals surface area contributed by atoms with Gasteiger partial charge in [0.05, 0.1) is 0 Å². The molecular formula is C21H31F2N5O. The molecule has 0 radical (unpaired) electrons. The van der Waals surface area contributed by atoms with E-state index < -0.39 is 11.6 Å². The third-order valence-electron chi connectivity index (χ3n) is 4.96. The van der Waals surface area contributed by atoms with Crippen molar-refractivity contribution >= 4 is 5.91 Å². The smallest absolute Gasteiger partial charge is 0.243 e. The lowest BCUT2D eigenvalue weighted by Gasteiger charge is -2.18. The summed E-state index contributed by atoms with van der Waals surface area (Å²) >= 11 is 0. The largest absolute Gasteiger partial charge is 0.352 e. The van der Waals surface area contributed by atoms with E-state index in [0.717, 1.165) is 63.9 Å². The second-order valence-electron chi connectivity index (χ2n) is 7.42. The molecule has 1 N–H and O–H groups in total. The number of aryl methyl sites for hydroxylation is 1. The van der Waals surface area contributed by atoms with Crippen LogP contribution < -0.4 is 5.32 Å². The number of unbranched alkanes of at least 4 members (excludes halogenated alkanes) is 5. The zero-order chi connectivity index (χ0) is 20.9. The molecule has 1 unspecified atom stereocenters. The van der Waals surface area contributed by atoms with Crippen molar-refractivity contribution in [2.24, 2.45) is 0 Å². The fourth-order valence-electron chi connectivity index (χ4n) is 3.36. The molecule has 2 aromatic rings. The molecule has 1 amide bonds. The summed E-state index contributed by atoms with van der Waals surface area (Å²) in [4.78, 5) is 13.4. The van der Waals surface area contributed by atoms with E-state index in [4.69, 9.17) is 0 Å². The van der Waals surface area contributed by atoms with Crippen molar-refractivity contribution in [2.75, 3.05) is 0 Å². The zero-order valence-corrected chi connectivity index (χ0v) is 17.1. The lowest BCUT2D eigenvalue weighted by molar-refractivity contribution is -0.122. The second-order valence-corrected chi connectivity index (χ2v) is 7.42. The Morgan fingerprint density at radius 1 is 1.10 bits per heavy atom. The van der Waals surface area contributed by atoms with Crippen molar-refractivity contribution in [2.45, 2.75) is 83.7 Å². The Kier molecular flexibility index (Phi) is 10.2. The van der Waals surface area contributed by atoms with Crippen LogP contribution in [0.3, 0.4) is 0 Å². The summed E-state index contributed by atoms with van der Waals surface area (Å²) < 4.78 is 26.5. The van der Waals surface area contributed by atoms with Crippen molar-refractivity contribution in [3.05, 3.63) is 41.7 Å². The van der Waals surface area contributed by atoms with Gasteiger partial charge in [-0.05, 0) is 42.5 Å². The van der Waals surface area contributed by atoms with Crippen LogP contribution in [0, 0.1) is 11.6 Å². The first-order valence-corrected chi connectivity index (χ1v) is 10.5. The molecule has 0 aliphatic heterocycles. The molecule has 0 aliphatic carbocycles. The van der Waals surface area contributed by atoms with E-state index in [1.165, 1.54) is 23.3 Å². The van der Waals surface area contributed by atoms with Gasteiger partial charge in [0.15, 0.2) is 6.33 Å². The van der Waals surface area contributed by atoms with Gasteiger partial charge in [0.1, 0.15) is 18.2 Å². The molecule has 0 saturated heterocycles. The Morgan fingerprint density at radius 3 is 2.59 bits per heavy atom. The molecule has 1 heterocycles. The maximum absolute atomic E-state index is 13.6. The molecule has 29 heavy (non-hydrogen) atoms. The Bertz CT molecular complexity index is 724. The number of tetrazole rings is 1. The van der Waals surface area contributed by atoms with Gasteiger partial charge in [-0.15, -0.1) is 10.2 Å². The summed E-state index contributed by atoms with van der Waals surface area (Å²) in [6.07, 6.45) is 11.1. The number of rotatable bonds is 14. The molecule has 160 valence electrons. The van der Waals surface area contributed by atoms with Crippen molar-refractivity contribution in [3.8, 4) is 0 Å². The van der Waals surface area contributed by atoms with Crippen molar-refractivity contribution in [1.82, 2.24) is 25.5 Å². The van der Waals surface area contributed by atoms with Gasteiger partial charge in [-0.3, -0.25) is 4.79 Å². The first-order valence-electron chi connectivity index (χ1n) is 10.5. The monoisotopic (exact) mass is 407 g/mol. The summed E-state index contributed by atoms with van der Waals surface area (Å²) in [5.74, 6) is -1.08. The molecule has 0 fully saturated rings. The molecule has 0 saturated carbocycles. The van der Waals surface area contributed by atoms with Crippen LogP contribution in [0.25, 0.3) is 0 Å². The van der Waals surface area contributed by atoms with Gasteiger partial charge >= 0.3 is 0 Å². The van der Waals surface area contributed by atoms with Crippen LogP contribution in [0.1, 0.15) is 70.3 Å². The average molecular weight is 408 g/mol. The highest BCUT2D eigenvalue weighted by Crippen LogP contribution is 2.15. The molecule has 1 aromatic heterocycles. The fourth-order valence-corrected chi connectivity index (χ4v) is 3.36. The molecule has 2 rings (SSSR count). The van der Waals surface area contributed by atoms with E-state index in [-0.39, 0.29) is 18.5 Å². The Hall–Kier alpha value is -2.38.